The van der Waals surface area contributed by atoms with Gasteiger partial charge >= 0.3 is 0 Å². The standard InChI is InChI=1S/C10H14NO/c1-8(2)9(3)10-5-4-6-11(12)7-10/h4-7,9H,1-3H3. The maximum atomic E-state index is 10.9. The number of hydrogen-bond acceptors (Lipinski definition) is 1. The second-order valence-corrected chi connectivity index (χ2v) is 3.30. The van der Waals surface area contributed by atoms with E-state index < -0.39 is 0 Å². The molecule has 1 radical (unpaired) electrons. The van der Waals surface area contributed by atoms with Crippen LogP contribution in [0.4, 0.5) is 0 Å². The average molecular weight is 164 g/mol. The van der Waals surface area contributed by atoms with Gasteiger partial charge in [0.15, 0.2) is 12.4 Å². The van der Waals surface area contributed by atoms with Crippen LogP contribution in [0.2, 0.25) is 0 Å². The Bertz CT molecular complexity index is 258. The summed E-state index contributed by atoms with van der Waals surface area (Å²) in [5, 5.41) is 10.9. The molecule has 0 saturated carbocycles. The normalized spacial score (nSPS) is 13.3. The summed E-state index contributed by atoms with van der Waals surface area (Å²) in [6, 6.07) is 3.76. The van der Waals surface area contributed by atoms with Crippen molar-refractivity contribution in [3.8, 4) is 0 Å². The van der Waals surface area contributed by atoms with E-state index in [0.717, 1.165) is 10.3 Å². The zero-order chi connectivity index (χ0) is 9.14. The Kier molecular flexibility index (Phi) is 2.69. The van der Waals surface area contributed by atoms with E-state index in [1.54, 1.807) is 12.3 Å². The molecule has 12 heavy (non-hydrogen) atoms. The Hall–Kier alpha value is -1.05. The summed E-state index contributed by atoms with van der Waals surface area (Å²) >= 11 is 0. The van der Waals surface area contributed by atoms with Crippen LogP contribution in [0.5, 0.6) is 0 Å². The second kappa shape index (κ2) is 3.57. The number of pyridine rings is 1. The highest BCUT2D eigenvalue weighted by molar-refractivity contribution is 5.17. The summed E-state index contributed by atoms with van der Waals surface area (Å²) in [7, 11) is 0. The van der Waals surface area contributed by atoms with Gasteiger partial charge in [0.2, 0.25) is 0 Å². The summed E-state index contributed by atoms with van der Waals surface area (Å²) in [5.74, 6) is 1.69. The van der Waals surface area contributed by atoms with E-state index in [2.05, 4.69) is 20.8 Å². The van der Waals surface area contributed by atoms with Gasteiger partial charge in [-0.1, -0.05) is 20.8 Å². The third-order valence-corrected chi connectivity index (χ3v) is 2.16. The van der Waals surface area contributed by atoms with Crippen LogP contribution in [-0.4, -0.2) is 0 Å². The molecule has 2 nitrogen and oxygen atoms in total. The first-order valence-corrected chi connectivity index (χ1v) is 4.10. The van der Waals surface area contributed by atoms with Gasteiger partial charge in [-0.25, -0.2) is 0 Å². The molecule has 0 aliphatic heterocycles. The van der Waals surface area contributed by atoms with Gasteiger partial charge in [-0.3, -0.25) is 0 Å². The summed E-state index contributed by atoms with van der Waals surface area (Å²) in [6.07, 6.45) is 3.12. The molecule has 0 fully saturated rings. The number of aromatic nitrogens is 1. The summed E-state index contributed by atoms with van der Waals surface area (Å²) < 4.78 is 0.842. The van der Waals surface area contributed by atoms with Gasteiger partial charge in [-0.05, 0) is 17.9 Å². The van der Waals surface area contributed by atoms with E-state index in [4.69, 9.17) is 0 Å². The Labute approximate surface area is 73.4 Å². The number of nitrogens with zero attached hydrogens (tertiary/aromatic N) is 1. The minimum Gasteiger partial charge on any atom is -0.619 e. The molecule has 0 aliphatic carbocycles. The van der Waals surface area contributed by atoms with Crippen LogP contribution in [0.15, 0.2) is 24.5 Å². The zero-order valence-electron chi connectivity index (χ0n) is 7.74. The van der Waals surface area contributed by atoms with Gasteiger partial charge < -0.3 is 5.21 Å². The molecule has 0 saturated heterocycles. The van der Waals surface area contributed by atoms with Crippen LogP contribution in [0.3, 0.4) is 0 Å². The lowest BCUT2D eigenvalue weighted by Gasteiger charge is -2.13. The summed E-state index contributed by atoms with van der Waals surface area (Å²) in [5.41, 5.74) is 1.08. The second-order valence-electron chi connectivity index (χ2n) is 3.30. The molecule has 1 aromatic rings. The fourth-order valence-electron chi connectivity index (χ4n) is 1.06. The average Bonchev–Trinajstić information content (AvgIpc) is 2.03. The molecule has 1 aromatic heterocycles. The van der Waals surface area contributed by atoms with Crippen molar-refractivity contribution in [2.24, 2.45) is 0 Å². The minimum absolute atomic E-state index is 0.367. The highest BCUT2D eigenvalue weighted by atomic mass is 16.5. The van der Waals surface area contributed by atoms with Crippen molar-refractivity contribution in [3.63, 3.8) is 0 Å². The molecular weight excluding hydrogens is 150 g/mol. The van der Waals surface area contributed by atoms with Gasteiger partial charge in [0.1, 0.15) is 0 Å². The lowest BCUT2D eigenvalue weighted by atomic mass is 9.92. The number of hydrogen-bond donors (Lipinski definition) is 0. The van der Waals surface area contributed by atoms with Gasteiger partial charge in [-0.2, -0.15) is 4.73 Å². The molecule has 1 heterocycles. The molecule has 1 unspecified atom stereocenters. The van der Waals surface area contributed by atoms with Crippen molar-refractivity contribution in [2.75, 3.05) is 0 Å². The smallest absolute Gasteiger partial charge is 0.183 e. The SMILES string of the molecule is C[C](C)C(C)c1ccc[n+]([O-])c1. The minimum atomic E-state index is 0.367. The lowest BCUT2D eigenvalue weighted by Crippen LogP contribution is -2.25. The lowest BCUT2D eigenvalue weighted by molar-refractivity contribution is -0.605. The van der Waals surface area contributed by atoms with Crippen molar-refractivity contribution in [1.82, 2.24) is 0 Å². The maximum absolute atomic E-state index is 10.9. The van der Waals surface area contributed by atoms with E-state index >= 15 is 0 Å². The molecular formula is C10H14NO. The van der Waals surface area contributed by atoms with Crippen LogP contribution in [0.25, 0.3) is 0 Å². The van der Waals surface area contributed by atoms with Crippen molar-refractivity contribution >= 4 is 0 Å². The van der Waals surface area contributed by atoms with Crippen molar-refractivity contribution in [2.45, 2.75) is 26.7 Å². The van der Waals surface area contributed by atoms with Crippen molar-refractivity contribution in [1.29, 1.82) is 0 Å². The van der Waals surface area contributed by atoms with E-state index in [9.17, 15) is 5.21 Å². The topological polar surface area (TPSA) is 26.9 Å². The summed E-state index contributed by atoms with van der Waals surface area (Å²) in [4.78, 5) is 0. The monoisotopic (exact) mass is 164 g/mol. The first-order valence-electron chi connectivity index (χ1n) is 4.10. The molecule has 0 bridgehead atoms. The third-order valence-electron chi connectivity index (χ3n) is 2.16. The quantitative estimate of drug-likeness (QED) is 0.485. The molecule has 0 spiro atoms. The van der Waals surface area contributed by atoms with Crippen molar-refractivity contribution in [3.05, 3.63) is 41.2 Å². The Balaban J connectivity index is 2.88. The zero-order valence-corrected chi connectivity index (χ0v) is 7.74. The van der Waals surface area contributed by atoms with Gasteiger partial charge in [0, 0.05) is 11.6 Å². The third kappa shape index (κ3) is 1.97. The molecule has 65 valence electrons. The van der Waals surface area contributed by atoms with Crippen molar-refractivity contribution < 1.29 is 4.73 Å². The van der Waals surface area contributed by atoms with Gasteiger partial charge in [0.05, 0.1) is 0 Å². The molecule has 1 rings (SSSR count). The first-order chi connectivity index (χ1) is 5.61. The van der Waals surface area contributed by atoms with E-state index in [1.807, 2.05) is 6.07 Å². The molecule has 1 atom stereocenters. The van der Waals surface area contributed by atoms with Crippen LogP contribution in [-0.2, 0) is 0 Å². The summed E-state index contributed by atoms with van der Waals surface area (Å²) in [6.45, 7) is 6.25. The van der Waals surface area contributed by atoms with Crippen LogP contribution in [0, 0.1) is 11.1 Å². The van der Waals surface area contributed by atoms with E-state index in [1.165, 1.54) is 12.1 Å². The number of rotatable bonds is 2. The highest BCUT2D eigenvalue weighted by Crippen LogP contribution is 2.23. The Morgan fingerprint density at radius 2 is 2.17 bits per heavy atom. The predicted molar refractivity (Wildman–Crippen MR) is 48.4 cm³/mol. The molecule has 0 amide bonds. The van der Waals surface area contributed by atoms with E-state index in [0.29, 0.717) is 5.92 Å². The van der Waals surface area contributed by atoms with Gasteiger partial charge in [-0.15, -0.1) is 0 Å². The molecule has 2 heteroatoms. The largest absolute Gasteiger partial charge is 0.619 e. The Morgan fingerprint density at radius 3 is 2.67 bits per heavy atom. The molecule has 0 aliphatic rings. The van der Waals surface area contributed by atoms with Crippen LogP contribution >= 0.6 is 0 Å². The molecule has 0 N–H and O–H groups in total. The predicted octanol–water partition coefficient (Wildman–Crippen LogP) is 2.04. The van der Waals surface area contributed by atoms with Gasteiger partial charge in [0.25, 0.3) is 0 Å². The fourth-order valence-corrected chi connectivity index (χ4v) is 1.06. The Morgan fingerprint density at radius 1 is 1.50 bits per heavy atom. The van der Waals surface area contributed by atoms with E-state index in [-0.39, 0.29) is 0 Å². The fraction of sp³-hybridized carbons (Fsp3) is 0.400. The van der Waals surface area contributed by atoms with Crippen LogP contribution < -0.4 is 4.73 Å². The van der Waals surface area contributed by atoms with Crippen LogP contribution in [0.1, 0.15) is 32.3 Å². The molecule has 0 aromatic carbocycles. The maximum Gasteiger partial charge on any atom is 0.183 e. The first kappa shape index (κ1) is 9.04. The highest BCUT2D eigenvalue weighted by Gasteiger charge is 2.11.